The molecule has 1 aromatic carbocycles. The van der Waals surface area contributed by atoms with Gasteiger partial charge in [0.25, 0.3) is 0 Å². The van der Waals surface area contributed by atoms with Gasteiger partial charge >= 0.3 is 0 Å². The molecule has 1 amide bonds. The van der Waals surface area contributed by atoms with E-state index in [1.807, 2.05) is 0 Å². The summed E-state index contributed by atoms with van der Waals surface area (Å²) in [5.41, 5.74) is 0.0289. The zero-order valence-electron chi connectivity index (χ0n) is 8.48. The number of phenols is 1. The summed E-state index contributed by atoms with van der Waals surface area (Å²) in [5.74, 6) is -0.326. The third-order valence-electron chi connectivity index (χ3n) is 2.07. The van der Waals surface area contributed by atoms with E-state index < -0.39 is 0 Å². The van der Waals surface area contributed by atoms with Crippen LogP contribution in [0, 0.1) is 0 Å². The van der Waals surface area contributed by atoms with Crippen LogP contribution in [0.25, 0.3) is 11.0 Å². The van der Waals surface area contributed by atoms with Crippen LogP contribution in [0.15, 0.2) is 33.7 Å². The van der Waals surface area contributed by atoms with E-state index in [9.17, 15) is 14.7 Å². The van der Waals surface area contributed by atoms with E-state index in [2.05, 4.69) is 5.32 Å². The van der Waals surface area contributed by atoms with Gasteiger partial charge < -0.3 is 14.8 Å². The first-order valence-electron chi connectivity index (χ1n) is 4.60. The highest BCUT2D eigenvalue weighted by Gasteiger charge is 2.08. The van der Waals surface area contributed by atoms with Crippen LogP contribution in [0.3, 0.4) is 0 Å². The van der Waals surface area contributed by atoms with Crippen molar-refractivity contribution in [3.05, 3.63) is 34.7 Å². The topological polar surface area (TPSA) is 79.5 Å². The summed E-state index contributed by atoms with van der Waals surface area (Å²) < 4.78 is 5.13. The molecule has 1 heterocycles. The number of anilines is 1. The monoisotopic (exact) mass is 219 g/mol. The first-order valence-corrected chi connectivity index (χ1v) is 4.60. The highest BCUT2D eigenvalue weighted by Crippen LogP contribution is 2.18. The van der Waals surface area contributed by atoms with Crippen molar-refractivity contribution in [1.82, 2.24) is 0 Å². The predicted molar refractivity (Wildman–Crippen MR) is 58.5 cm³/mol. The van der Waals surface area contributed by atoms with Crippen molar-refractivity contribution in [3.8, 4) is 5.75 Å². The number of amides is 1. The summed E-state index contributed by atoms with van der Waals surface area (Å²) in [4.78, 5) is 22.6. The lowest BCUT2D eigenvalue weighted by molar-refractivity contribution is -0.114. The molecule has 82 valence electrons. The molecule has 0 saturated heterocycles. The lowest BCUT2D eigenvalue weighted by Crippen LogP contribution is -2.14. The summed E-state index contributed by atoms with van der Waals surface area (Å²) in [6.07, 6.45) is 1.16. The predicted octanol–water partition coefficient (Wildman–Crippen LogP) is 1.46. The Bertz CT molecular complexity index is 615. The average molecular weight is 219 g/mol. The van der Waals surface area contributed by atoms with Crippen LogP contribution in [0.1, 0.15) is 6.92 Å². The Hall–Kier alpha value is -2.30. The molecule has 0 aliphatic rings. The van der Waals surface area contributed by atoms with E-state index in [0.717, 1.165) is 6.26 Å². The molecule has 0 aliphatic carbocycles. The standard InChI is InChI=1S/C11H9NO4/c1-6(13)12-9-5-16-10-4-7(14)2-3-8(10)11(9)15/h2-5,14H,1H3,(H,12,13). The summed E-state index contributed by atoms with van der Waals surface area (Å²) in [6.45, 7) is 1.31. The average Bonchev–Trinajstić information content (AvgIpc) is 2.22. The summed E-state index contributed by atoms with van der Waals surface area (Å²) in [5, 5.41) is 11.9. The smallest absolute Gasteiger partial charge is 0.221 e. The molecule has 2 N–H and O–H groups in total. The third-order valence-corrected chi connectivity index (χ3v) is 2.07. The zero-order chi connectivity index (χ0) is 11.7. The first kappa shape index (κ1) is 10.2. The van der Waals surface area contributed by atoms with E-state index in [4.69, 9.17) is 4.42 Å². The van der Waals surface area contributed by atoms with Crippen LogP contribution < -0.4 is 10.7 Å². The Morgan fingerprint density at radius 2 is 2.19 bits per heavy atom. The molecule has 0 radical (unpaired) electrons. The Balaban J connectivity index is 2.66. The molecule has 0 bridgehead atoms. The number of hydrogen-bond donors (Lipinski definition) is 2. The van der Waals surface area contributed by atoms with Gasteiger partial charge in [-0.3, -0.25) is 9.59 Å². The maximum atomic E-state index is 11.8. The fourth-order valence-corrected chi connectivity index (χ4v) is 1.39. The lowest BCUT2D eigenvalue weighted by Gasteiger charge is -2.02. The number of nitrogens with one attached hydrogen (secondary N) is 1. The van der Waals surface area contributed by atoms with Gasteiger partial charge in [-0.1, -0.05) is 0 Å². The molecule has 16 heavy (non-hydrogen) atoms. The van der Waals surface area contributed by atoms with Gasteiger partial charge in [-0.05, 0) is 12.1 Å². The van der Waals surface area contributed by atoms with Gasteiger partial charge in [0, 0.05) is 13.0 Å². The Morgan fingerprint density at radius 1 is 1.44 bits per heavy atom. The molecular weight excluding hydrogens is 210 g/mol. The van der Waals surface area contributed by atoms with E-state index in [0.29, 0.717) is 5.39 Å². The molecule has 0 spiro atoms. The molecule has 0 aliphatic heterocycles. The van der Waals surface area contributed by atoms with Crippen LogP contribution in [-0.4, -0.2) is 11.0 Å². The van der Waals surface area contributed by atoms with E-state index in [1.54, 1.807) is 0 Å². The lowest BCUT2D eigenvalue weighted by atomic mass is 10.2. The summed E-state index contributed by atoms with van der Waals surface area (Å²) in [7, 11) is 0. The highest BCUT2D eigenvalue weighted by atomic mass is 16.3. The summed E-state index contributed by atoms with van der Waals surface area (Å²) in [6, 6.07) is 4.17. The number of carbonyl (C=O) groups is 1. The van der Waals surface area contributed by atoms with Crippen molar-refractivity contribution in [3.63, 3.8) is 0 Å². The van der Waals surface area contributed by atoms with Crippen molar-refractivity contribution in [2.24, 2.45) is 0 Å². The minimum atomic E-state index is -0.342. The van der Waals surface area contributed by atoms with Gasteiger partial charge in [0.2, 0.25) is 11.3 Å². The van der Waals surface area contributed by atoms with Gasteiger partial charge in [0.05, 0.1) is 5.39 Å². The number of carbonyl (C=O) groups excluding carboxylic acids is 1. The van der Waals surface area contributed by atoms with Crippen molar-refractivity contribution in [1.29, 1.82) is 0 Å². The largest absolute Gasteiger partial charge is 0.508 e. The fourth-order valence-electron chi connectivity index (χ4n) is 1.39. The van der Waals surface area contributed by atoms with Gasteiger partial charge in [-0.2, -0.15) is 0 Å². The first-order chi connectivity index (χ1) is 7.58. The fraction of sp³-hybridized carbons (Fsp3) is 0.0909. The quantitative estimate of drug-likeness (QED) is 0.760. The van der Waals surface area contributed by atoms with Crippen LogP contribution >= 0.6 is 0 Å². The molecule has 5 nitrogen and oxygen atoms in total. The molecule has 0 fully saturated rings. The highest BCUT2D eigenvalue weighted by molar-refractivity contribution is 5.91. The van der Waals surface area contributed by atoms with Crippen molar-refractivity contribution in [2.75, 3.05) is 5.32 Å². The molecule has 0 saturated carbocycles. The number of fused-ring (bicyclic) bond motifs is 1. The number of hydrogen-bond acceptors (Lipinski definition) is 4. The molecule has 0 atom stereocenters. The molecule has 1 aromatic heterocycles. The maximum absolute atomic E-state index is 11.8. The van der Waals surface area contributed by atoms with Crippen molar-refractivity contribution < 1.29 is 14.3 Å². The second kappa shape index (κ2) is 3.69. The van der Waals surface area contributed by atoms with E-state index in [1.165, 1.54) is 25.1 Å². The minimum absolute atomic E-state index is 0.0166. The maximum Gasteiger partial charge on any atom is 0.221 e. The number of benzene rings is 1. The van der Waals surface area contributed by atoms with Crippen LogP contribution in [0.2, 0.25) is 0 Å². The zero-order valence-corrected chi connectivity index (χ0v) is 8.48. The second-order valence-electron chi connectivity index (χ2n) is 3.34. The molecule has 5 heteroatoms. The van der Waals surface area contributed by atoms with E-state index in [-0.39, 0.29) is 28.4 Å². The number of phenolic OH excluding ortho intramolecular Hbond substituents is 1. The van der Waals surface area contributed by atoms with Crippen LogP contribution in [0.5, 0.6) is 5.75 Å². The Labute approximate surface area is 90.3 Å². The molecule has 2 rings (SSSR count). The van der Waals surface area contributed by atoms with Crippen molar-refractivity contribution >= 4 is 22.6 Å². The second-order valence-corrected chi connectivity index (χ2v) is 3.34. The van der Waals surface area contributed by atoms with Gasteiger partial charge in [-0.25, -0.2) is 0 Å². The Morgan fingerprint density at radius 3 is 2.88 bits per heavy atom. The molecule has 0 unspecified atom stereocenters. The Kier molecular flexibility index (Phi) is 2.36. The molecule has 2 aromatic rings. The van der Waals surface area contributed by atoms with Gasteiger partial charge in [-0.15, -0.1) is 0 Å². The van der Waals surface area contributed by atoms with Crippen LogP contribution in [-0.2, 0) is 4.79 Å². The number of rotatable bonds is 1. The SMILES string of the molecule is CC(=O)Nc1coc2cc(O)ccc2c1=O. The minimum Gasteiger partial charge on any atom is -0.508 e. The van der Waals surface area contributed by atoms with E-state index >= 15 is 0 Å². The summed E-state index contributed by atoms with van der Waals surface area (Å²) >= 11 is 0. The van der Waals surface area contributed by atoms with Gasteiger partial charge in [0.1, 0.15) is 23.3 Å². The van der Waals surface area contributed by atoms with Gasteiger partial charge in [0.15, 0.2) is 0 Å². The van der Waals surface area contributed by atoms with Crippen LogP contribution in [0.4, 0.5) is 5.69 Å². The third kappa shape index (κ3) is 1.75. The normalized spacial score (nSPS) is 10.3. The number of aromatic hydroxyl groups is 1. The van der Waals surface area contributed by atoms with Crippen molar-refractivity contribution in [2.45, 2.75) is 6.92 Å². The molecular formula is C11H9NO4.